The van der Waals surface area contributed by atoms with Gasteiger partial charge in [0.1, 0.15) is 0 Å². The number of nitrogens with zero attached hydrogens (tertiary/aromatic N) is 2. The monoisotopic (exact) mass is 214 g/mol. The number of primary amides is 1. The number of nitrogens with two attached hydrogens (primary N) is 1. The van der Waals surface area contributed by atoms with Crippen molar-refractivity contribution in [3.63, 3.8) is 0 Å². The van der Waals surface area contributed by atoms with Gasteiger partial charge in [-0.2, -0.15) is 5.10 Å². The van der Waals surface area contributed by atoms with Crippen LogP contribution < -0.4 is 11.2 Å². The smallest absolute Gasteiger partial charge is 0.332 e. The lowest BCUT2D eigenvalue weighted by Gasteiger charge is -2.09. The molecule has 1 fully saturated rings. The van der Waals surface area contributed by atoms with Crippen LogP contribution in [0.25, 0.3) is 0 Å². The molecule has 0 bridgehead atoms. The Labute approximate surface area is 86.9 Å². The van der Waals surface area contributed by atoms with Crippen LogP contribution in [-0.2, 0) is 0 Å². The molecule has 7 heteroatoms. The molecule has 0 heterocycles. The Balaban J connectivity index is 2.48. The minimum Gasteiger partial charge on any atom is -0.350 e. The van der Waals surface area contributed by atoms with Crippen molar-refractivity contribution in [3.05, 3.63) is 10.1 Å². The van der Waals surface area contributed by atoms with Crippen molar-refractivity contribution < 1.29 is 9.72 Å². The first-order valence-electron chi connectivity index (χ1n) is 4.75. The average Bonchev–Trinajstić information content (AvgIpc) is 2.61. The van der Waals surface area contributed by atoms with E-state index in [0.717, 1.165) is 12.1 Å². The van der Waals surface area contributed by atoms with Gasteiger partial charge in [0.25, 0.3) is 0 Å². The van der Waals surface area contributed by atoms with Crippen LogP contribution in [0.15, 0.2) is 5.10 Å². The van der Waals surface area contributed by atoms with E-state index in [1.54, 1.807) is 6.92 Å². The zero-order chi connectivity index (χ0) is 11.4. The molecular formula is C8H14N4O3. The van der Waals surface area contributed by atoms with Gasteiger partial charge in [-0.15, -0.1) is 0 Å². The number of amides is 2. The Morgan fingerprint density at radius 3 is 3.00 bits per heavy atom. The minimum atomic E-state index is -0.715. The van der Waals surface area contributed by atoms with E-state index in [-0.39, 0.29) is 10.8 Å². The number of nitro groups is 1. The molecule has 0 spiro atoms. The van der Waals surface area contributed by atoms with E-state index in [1.807, 2.05) is 0 Å². The third-order valence-corrected chi connectivity index (χ3v) is 2.64. The second-order valence-corrected chi connectivity index (χ2v) is 3.68. The third kappa shape index (κ3) is 3.19. The van der Waals surface area contributed by atoms with Crippen LogP contribution in [0.5, 0.6) is 0 Å². The Morgan fingerprint density at radius 2 is 2.47 bits per heavy atom. The number of carbonyl (C=O) groups excluding carboxylic acids is 1. The number of hydrogen-bond donors (Lipinski definition) is 2. The standard InChI is InChI=1S/C8H14N4O3/c1-5(12(14)15)6-2-3-7(4-6)10-11-8(9)13/h5-6H,2-4H2,1H3,(H3,9,11,13)/b10-7-. The lowest BCUT2D eigenvalue weighted by atomic mass is 10.0. The highest BCUT2D eigenvalue weighted by Gasteiger charge is 2.32. The molecule has 0 aliphatic heterocycles. The number of hydrazone groups is 1. The fourth-order valence-electron chi connectivity index (χ4n) is 1.68. The van der Waals surface area contributed by atoms with Crippen molar-refractivity contribution in [1.82, 2.24) is 5.43 Å². The van der Waals surface area contributed by atoms with Crippen molar-refractivity contribution in [1.29, 1.82) is 0 Å². The van der Waals surface area contributed by atoms with Crippen molar-refractivity contribution >= 4 is 11.7 Å². The van der Waals surface area contributed by atoms with E-state index >= 15 is 0 Å². The van der Waals surface area contributed by atoms with Crippen molar-refractivity contribution in [3.8, 4) is 0 Å². The number of nitrogens with one attached hydrogen (secondary N) is 1. The molecule has 2 amide bonds. The van der Waals surface area contributed by atoms with Gasteiger partial charge in [-0.25, -0.2) is 10.2 Å². The second kappa shape index (κ2) is 4.72. The van der Waals surface area contributed by atoms with Gasteiger partial charge in [0, 0.05) is 23.5 Å². The first-order chi connectivity index (χ1) is 7.00. The summed E-state index contributed by atoms with van der Waals surface area (Å²) in [6.07, 6.45) is 1.98. The van der Waals surface area contributed by atoms with Gasteiger partial charge in [-0.3, -0.25) is 10.1 Å². The molecule has 1 saturated carbocycles. The summed E-state index contributed by atoms with van der Waals surface area (Å²) in [7, 11) is 0. The topological polar surface area (TPSA) is 111 Å². The fourth-order valence-corrected chi connectivity index (χ4v) is 1.68. The third-order valence-electron chi connectivity index (χ3n) is 2.64. The molecule has 1 rings (SSSR count). The number of urea groups is 1. The Bertz CT molecular complexity index is 302. The lowest BCUT2D eigenvalue weighted by Crippen LogP contribution is -2.26. The SMILES string of the molecule is CC(C1CC/C(=N/NC(N)=O)C1)[N+](=O)[O-]. The summed E-state index contributed by atoms with van der Waals surface area (Å²) >= 11 is 0. The lowest BCUT2D eigenvalue weighted by molar-refractivity contribution is -0.527. The molecule has 7 nitrogen and oxygen atoms in total. The Hall–Kier alpha value is -1.66. The van der Waals surface area contributed by atoms with Crippen LogP contribution in [0.1, 0.15) is 26.2 Å². The molecule has 0 radical (unpaired) electrons. The largest absolute Gasteiger partial charge is 0.350 e. The number of carbonyl (C=O) groups is 1. The van der Waals surface area contributed by atoms with Crippen LogP contribution in [0, 0.1) is 16.0 Å². The summed E-state index contributed by atoms with van der Waals surface area (Å²) in [6.45, 7) is 1.59. The molecule has 0 saturated heterocycles. The first-order valence-corrected chi connectivity index (χ1v) is 4.75. The zero-order valence-corrected chi connectivity index (χ0v) is 8.47. The van der Waals surface area contributed by atoms with E-state index < -0.39 is 12.1 Å². The van der Waals surface area contributed by atoms with E-state index in [2.05, 4.69) is 10.5 Å². The van der Waals surface area contributed by atoms with E-state index in [9.17, 15) is 14.9 Å². The molecule has 15 heavy (non-hydrogen) atoms. The van der Waals surface area contributed by atoms with Crippen molar-refractivity contribution in [2.45, 2.75) is 32.2 Å². The van der Waals surface area contributed by atoms with Gasteiger partial charge in [0.2, 0.25) is 6.04 Å². The highest BCUT2D eigenvalue weighted by Crippen LogP contribution is 2.27. The van der Waals surface area contributed by atoms with E-state index in [4.69, 9.17) is 5.73 Å². The normalized spacial score (nSPS) is 25.1. The summed E-state index contributed by atoms with van der Waals surface area (Å²) in [4.78, 5) is 20.6. The maximum atomic E-state index is 10.5. The maximum Gasteiger partial charge on any atom is 0.332 e. The van der Waals surface area contributed by atoms with Gasteiger partial charge in [0.05, 0.1) is 0 Å². The van der Waals surface area contributed by atoms with Gasteiger partial charge in [-0.1, -0.05) is 0 Å². The van der Waals surface area contributed by atoms with Crippen LogP contribution in [0.3, 0.4) is 0 Å². The van der Waals surface area contributed by atoms with Crippen LogP contribution in [0.4, 0.5) is 4.79 Å². The van der Waals surface area contributed by atoms with E-state index in [0.29, 0.717) is 12.8 Å². The van der Waals surface area contributed by atoms with Gasteiger partial charge in [-0.05, 0) is 19.3 Å². The van der Waals surface area contributed by atoms with E-state index in [1.165, 1.54) is 0 Å². The molecular weight excluding hydrogens is 200 g/mol. The molecule has 0 aromatic rings. The van der Waals surface area contributed by atoms with Crippen LogP contribution in [0.2, 0.25) is 0 Å². The summed E-state index contributed by atoms with van der Waals surface area (Å²) in [5, 5.41) is 14.3. The zero-order valence-electron chi connectivity index (χ0n) is 8.47. The quantitative estimate of drug-likeness (QED) is 0.526. The molecule has 0 aromatic carbocycles. The first kappa shape index (κ1) is 11.4. The molecule has 1 aliphatic carbocycles. The summed E-state index contributed by atoms with van der Waals surface area (Å²) in [5.41, 5.74) is 7.75. The molecule has 2 atom stereocenters. The average molecular weight is 214 g/mol. The predicted octanol–water partition coefficient (Wildman–Crippen LogP) is 0.476. The maximum absolute atomic E-state index is 10.5. The summed E-state index contributed by atoms with van der Waals surface area (Å²) in [6, 6.07) is -1.28. The van der Waals surface area contributed by atoms with Gasteiger partial charge in [0.15, 0.2) is 0 Å². The minimum absolute atomic E-state index is 0.00780. The second-order valence-electron chi connectivity index (χ2n) is 3.68. The Morgan fingerprint density at radius 1 is 1.80 bits per heavy atom. The highest BCUT2D eigenvalue weighted by molar-refractivity contribution is 5.87. The Kier molecular flexibility index (Phi) is 3.59. The summed E-state index contributed by atoms with van der Waals surface area (Å²) < 4.78 is 0. The van der Waals surface area contributed by atoms with Crippen molar-refractivity contribution in [2.75, 3.05) is 0 Å². The highest BCUT2D eigenvalue weighted by atomic mass is 16.6. The van der Waals surface area contributed by atoms with Crippen molar-refractivity contribution in [2.24, 2.45) is 16.8 Å². The number of rotatable bonds is 3. The van der Waals surface area contributed by atoms with Gasteiger partial charge < -0.3 is 5.73 Å². The summed E-state index contributed by atoms with van der Waals surface area (Å²) in [5.74, 6) is 0.00780. The van der Waals surface area contributed by atoms with Gasteiger partial charge >= 0.3 is 6.03 Å². The molecule has 3 N–H and O–H groups in total. The van der Waals surface area contributed by atoms with Crippen LogP contribution in [-0.4, -0.2) is 22.7 Å². The molecule has 84 valence electrons. The predicted molar refractivity (Wildman–Crippen MR) is 54.0 cm³/mol. The fraction of sp³-hybridized carbons (Fsp3) is 0.750. The molecule has 1 aliphatic rings. The number of hydrogen-bond acceptors (Lipinski definition) is 4. The van der Waals surface area contributed by atoms with Crippen LogP contribution >= 0.6 is 0 Å². The molecule has 2 unspecified atom stereocenters. The molecule has 0 aromatic heterocycles.